The molecule has 5 N–H and O–H groups in total. The van der Waals surface area contributed by atoms with E-state index in [1.807, 2.05) is 17.6 Å². The van der Waals surface area contributed by atoms with Gasteiger partial charge in [0.1, 0.15) is 12.0 Å². The molecule has 1 aromatic heterocycles. The number of nitrogens with zero attached hydrogens (tertiary/aromatic N) is 1. The van der Waals surface area contributed by atoms with Crippen molar-refractivity contribution in [2.24, 2.45) is 5.84 Å². The maximum absolute atomic E-state index is 12.0. The van der Waals surface area contributed by atoms with Crippen LogP contribution in [0.2, 0.25) is 10.0 Å². The molecule has 2 aromatic rings. The number of morpholine rings is 1. The highest BCUT2D eigenvalue weighted by Gasteiger charge is 2.21. The van der Waals surface area contributed by atoms with Gasteiger partial charge >= 0.3 is 6.03 Å². The molecule has 2 heterocycles. The first-order valence-corrected chi connectivity index (χ1v) is 10.1. The number of carbonyl (C=O) groups is 2. The molecule has 162 valence electrons. The van der Waals surface area contributed by atoms with Crippen molar-refractivity contribution >= 4 is 35.1 Å². The van der Waals surface area contributed by atoms with Crippen LogP contribution < -0.4 is 21.9 Å². The fourth-order valence-corrected chi connectivity index (χ4v) is 3.38. The van der Waals surface area contributed by atoms with Crippen LogP contribution in [-0.2, 0) is 17.8 Å². The maximum atomic E-state index is 12.0. The zero-order chi connectivity index (χ0) is 21.5. The Bertz CT molecular complexity index is 892. The van der Waals surface area contributed by atoms with E-state index >= 15 is 0 Å². The summed E-state index contributed by atoms with van der Waals surface area (Å²) in [5.74, 6) is 5.04. The highest BCUT2D eigenvalue weighted by Crippen LogP contribution is 2.23. The number of nitrogens with two attached hydrogens (primary N) is 1. The van der Waals surface area contributed by atoms with Gasteiger partial charge in [0, 0.05) is 26.2 Å². The van der Waals surface area contributed by atoms with E-state index in [1.165, 1.54) is 12.3 Å². The number of hydrogen-bond donors (Lipinski definition) is 4. The number of ether oxygens (including phenoxy) is 1. The second kappa shape index (κ2) is 10.6. The zero-order valence-corrected chi connectivity index (χ0v) is 17.6. The molecule has 1 aromatic carbocycles. The summed E-state index contributed by atoms with van der Waals surface area (Å²) < 4.78 is 10.9. The number of amides is 3. The molecular weight excluding hydrogens is 433 g/mol. The number of halogens is 2. The molecule has 0 aliphatic carbocycles. The summed E-state index contributed by atoms with van der Waals surface area (Å²) in [6.45, 7) is 3.27. The zero-order valence-electron chi connectivity index (χ0n) is 16.1. The van der Waals surface area contributed by atoms with Crippen LogP contribution in [0.4, 0.5) is 4.79 Å². The van der Waals surface area contributed by atoms with E-state index in [1.54, 1.807) is 6.07 Å². The molecule has 1 saturated heterocycles. The lowest BCUT2D eigenvalue weighted by atomic mass is 10.2. The maximum Gasteiger partial charge on any atom is 0.315 e. The third-order valence-corrected chi connectivity index (χ3v) is 5.31. The summed E-state index contributed by atoms with van der Waals surface area (Å²) >= 11 is 12.0. The van der Waals surface area contributed by atoms with E-state index in [4.69, 9.17) is 38.2 Å². The Hall–Kier alpha value is -2.30. The van der Waals surface area contributed by atoms with Crippen molar-refractivity contribution in [2.75, 3.05) is 26.2 Å². The average Bonchev–Trinajstić information content (AvgIpc) is 3.22. The Morgan fingerprint density at radius 2 is 2.03 bits per heavy atom. The van der Waals surface area contributed by atoms with E-state index in [2.05, 4.69) is 15.5 Å². The number of furan rings is 1. The minimum absolute atomic E-state index is 0.129. The van der Waals surface area contributed by atoms with E-state index in [9.17, 15) is 9.59 Å². The SMILES string of the molecule is NNC(=O)c1coc(CNC(=O)NC[C@H]2CN(Cc3ccc(Cl)c(Cl)c3)CCO2)c1. The highest BCUT2D eigenvalue weighted by atomic mass is 35.5. The number of carbonyl (C=O) groups excluding carboxylic acids is 2. The molecule has 1 aliphatic heterocycles. The first-order valence-electron chi connectivity index (χ1n) is 9.32. The minimum atomic E-state index is -0.464. The first-order chi connectivity index (χ1) is 14.4. The molecule has 0 radical (unpaired) electrons. The van der Waals surface area contributed by atoms with Crippen LogP contribution in [0, 0.1) is 0 Å². The highest BCUT2D eigenvalue weighted by molar-refractivity contribution is 6.42. The third-order valence-electron chi connectivity index (χ3n) is 4.57. The molecule has 0 bridgehead atoms. The van der Waals surface area contributed by atoms with Crippen molar-refractivity contribution in [1.82, 2.24) is 21.0 Å². The molecule has 0 unspecified atom stereocenters. The smallest absolute Gasteiger partial charge is 0.315 e. The fourth-order valence-electron chi connectivity index (χ4n) is 3.06. The Balaban J connectivity index is 1.40. The lowest BCUT2D eigenvalue weighted by Crippen LogP contribution is -2.48. The van der Waals surface area contributed by atoms with Gasteiger partial charge in [-0.3, -0.25) is 15.1 Å². The summed E-state index contributed by atoms with van der Waals surface area (Å²) in [7, 11) is 0. The molecule has 0 saturated carbocycles. The van der Waals surface area contributed by atoms with E-state index in [0.717, 1.165) is 18.7 Å². The Morgan fingerprint density at radius 1 is 1.20 bits per heavy atom. The van der Waals surface area contributed by atoms with Gasteiger partial charge in [0.15, 0.2) is 0 Å². The topological polar surface area (TPSA) is 122 Å². The fraction of sp³-hybridized carbons (Fsp3) is 0.368. The standard InChI is InChI=1S/C19H23Cl2N5O4/c20-16-2-1-12(5-17(16)21)9-26-3-4-29-15(10-26)8-24-19(28)23-7-14-6-13(11-30-14)18(27)25-22/h1-2,5-6,11,15H,3-4,7-10,22H2,(H,25,27)(H2,23,24,28)/t15-/m0/s1. The summed E-state index contributed by atoms with van der Waals surface area (Å²) in [5.41, 5.74) is 3.36. The molecular formula is C19H23Cl2N5O4. The van der Waals surface area contributed by atoms with Crippen molar-refractivity contribution in [3.8, 4) is 0 Å². The molecule has 1 fully saturated rings. The number of nitrogen functional groups attached to an aromatic ring is 1. The molecule has 11 heteroatoms. The van der Waals surface area contributed by atoms with Crippen molar-refractivity contribution in [2.45, 2.75) is 19.2 Å². The number of hydrazine groups is 1. The van der Waals surface area contributed by atoms with Crippen molar-refractivity contribution in [3.63, 3.8) is 0 Å². The third kappa shape index (κ3) is 6.35. The van der Waals surface area contributed by atoms with Gasteiger partial charge in [-0.1, -0.05) is 29.3 Å². The molecule has 3 amide bonds. The molecule has 0 spiro atoms. The van der Waals surface area contributed by atoms with Gasteiger partial charge in [-0.2, -0.15) is 0 Å². The van der Waals surface area contributed by atoms with Crippen LogP contribution in [-0.4, -0.2) is 49.2 Å². The number of urea groups is 1. The minimum Gasteiger partial charge on any atom is -0.467 e. The van der Waals surface area contributed by atoms with Gasteiger partial charge < -0.3 is 19.8 Å². The van der Waals surface area contributed by atoms with Crippen molar-refractivity contribution in [3.05, 3.63) is 57.5 Å². The average molecular weight is 456 g/mol. The molecule has 9 nitrogen and oxygen atoms in total. The number of benzene rings is 1. The number of nitrogens with one attached hydrogen (secondary N) is 3. The summed E-state index contributed by atoms with van der Waals surface area (Å²) in [6, 6.07) is 6.74. The van der Waals surface area contributed by atoms with Crippen molar-refractivity contribution < 1.29 is 18.7 Å². The molecule has 1 atom stereocenters. The van der Waals surface area contributed by atoms with Crippen LogP contribution in [0.25, 0.3) is 0 Å². The first kappa shape index (κ1) is 22.4. The van der Waals surface area contributed by atoms with Gasteiger partial charge in [0.05, 0.1) is 34.9 Å². The van der Waals surface area contributed by atoms with E-state index in [0.29, 0.717) is 35.5 Å². The Labute approximate surface area is 183 Å². The quantitative estimate of drug-likeness (QED) is 0.287. The lowest BCUT2D eigenvalue weighted by Gasteiger charge is -2.33. The summed E-state index contributed by atoms with van der Waals surface area (Å²) in [6.07, 6.45) is 1.14. The molecule has 1 aliphatic rings. The summed E-state index contributed by atoms with van der Waals surface area (Å²) in [4.78, 5) is 25.7. The van der Waals surface area contributed by atoms with Crippen LogP contribution in [0.15, 0.2) is 34.9 Å². The predicted octanol–water partition coefficient (Wildman–Crippen LogP) is 1.89. The predicted molar refractivity (Wildman–Crippen MR) is 112 cm³/mol. The van der Waals surface area contributed by atoms with Crippen molar-refractivity contribution in [1.29, 1.82) is 0 Å². The van der Waals surface area contributed by atoms with Crippen LogP contribution >= 0.6 is 23.2 Å². The van der Waals surface area contributed by atoms with Gasteiger partial charge in [-0.25, -0.2) is 10.6 Å². The number of hydrogen-bond acceptors (Lipinski definition) is 6. The number of rotatable bonds is 7. The summed E-state index contributed by atoms with van der Waals surface area (Å²) in [5, 5.41) is 6.51. The van der Waals surface area contributed by atoms with Crippen LogP contribution in [0.5, 0.6) is 0 Å². The van der Waals surface area contributed by atoms with Gasteiger partial charge in [-0.15, -0.1) is 0 Å². The largest absolute Gasteiger partial charge is 0.467 e. The van der Waals surface area contributed by atoms with E-state index < -0.39 is 5.91 Å². The molecule has 3 rings (SSSR count). The van der Waals surface area contributed by atoms with E-state index in [-0.39, 0.29) is 24.2 Å². The van der Waals surface area contributed by atoms with Gasteiger partial charge in [-0.05, 0) is 23.8 Å². The lowest BCUT2D eigenvalue weighted by molar-refractivity contribution is -0.0287. The molecule has 30 heavy (non-hydrogen) atoms. The van der Waals surface area contributed by atoms with Gasteiger partial charge in [0.2, 0.25) is 0 Å². The monoisotopic (exact) mass is 455 g/mol. The normalized spacial score (nSPS) is 16.8. The Kier molecular flexibility index (Phi) is 7.94. The van der Waals surface area contributed by atoms with Crippen LogP contribution in [0.3, 0.4) is 0 Å². The second-order valence-corrected chi connectivity index (χ2v) is 7.63. The Morgan fingerprint density at radius 3 is 2.80 bits per heavy atom. The van der Waals surface area contributed by atoms with Crippen LogP contribution in [0.1, 0.15) is 21.7 Å². The second-order valence-electron chi connectivity index (χ2n) is 6.82. The van der Waals surface area contributed by atoms with Gasteiger partial charge in [0.25, 0.3) is 5.91 Å².